The molecule has 0 aromatic heterocycles. The standard InChI is InChI=1S/C45H50ClN3O6Si/c1-29-43(56(3,4)37-19-17-36(54-2)18-20-37)40(25-42(52)48-27-32-10-6-5-9-31(32)23-35(48)28-50)55-45(29)38-24-33(46)14-21-39(38)49(44(45)53)26-30-12-15-34(16-13-30)47-22-8-7-11-41(47)51/h5-6,9-10,12-21,24,29,35,40,43,50H,7-8,11,22-23,25-28H2,1-4H3/t29-,35+,40+,43-,45+/m1/s1. The Morgan fingerprint density at radius 3 is 2.41 bits per heavy atom. The fraction of sp³-hybridized carbons (Fsp3) is 0.400. The fourth-order valence-corrected chi connectivity index (χ4v) is 14.2. The van der Waals surface area contributed by atoms with Gasteiger partial charge < -0.3 is 29.3 Å². The molecule has 0 aliphatic carbocycles. The van der Waals surface area contributed by atoms with Gasteiger partial charge in [-0.3, -0.25) is 14.4 Å². The molecule has 0 radical (unpaired) electrons. The highest BCUT2D eigenvalue weighted by atomic mass is 35.5. The molecule has 4 aromatic rings. The lowest BCUT2D eigenvalue weighted by atomic mass is 9.82. The molecule has 56 heavy (non-hydrogen) atoms. The largest absolute Gasteiger partial charge is 0.497 e. The van der Waals surface area contributed by atoms with Crippen LogP contribution in [0.3, 0.4) is 0 Å². The Labute approximate surface area is 335 Å². The Morgan fingerprint density at radius 2 is 1.71 bits per heavy atom. The number of halogens is 1. The summed E-state index contributed by atoms with van der Waals surface area (Å²) in [5.74, 6) is 0.315. The number of carbonyl (C=O) groups is 3. The molecule has 11 heteroatoms. The van der Waals surface area contributed by atoms with E-state index in [1.807, 2.05) is 77.7 Å². The van der Waals surface area contributed by atoms with Gasteiger partial charge in [-0.1, -0.05) is 85.3 Å². The number of benzene rings is 4. The van der Waals surface area contributed by atoms with E-state index in [1.54, 1.807) is 16.9 Å². The molecule has 0 unspecified atom stereocenters. The summed E-state index contributed by atoms with van der Waals surface area (Å²) in [5, 5.41) is 12.2. The van der Waals surface area contributed by atoms with Crippen LogP contribution in [0.1, 0.15) is 54.9 Å². The number of anilines is 2. The third-order valence-corrected chi connectivity index (χ3v) is 17.6. The number of aliphatic hydroxyl groups excluding tert-OH is 1. The van der Waals surface area contributed by atoms with Crippen LogP contribution in [0.25, 0.3) is 0 Å². The number of piperidine rings is 1. The summed E-state index contributed by atoms with van der Waals surface area (Å²) in [5.41, 5.74) is 3.94. The van der Waals surface area contributed by atoms with Crippen molar-refractivity contribution < 1.29 is 29.0 Å². The zero-order chi connectivity index (χ0) is 39.4. The van der Waals surface area contributed by atoms with Gasteiger partial charge in [-0.15, -0.1) is 0 Å². The minimum atomic E-state index is -2.53. The van der Waals surface area contributed by atoms with E-state index in [4.69, 9.17) is 21.1 Å². The van der Waals surface area contributed by atoms with Crippen molar-refractivity contribution in [3.63, 3.8) is 0 Å². The van der Waals surface area contributed by atoms with Crippen LogP contribution in [0.2, 0.25) is 23.7 Å². The number of hydrogen-bond acceptors (Lipinski definition) is 6. The maximum absolute atomic E-state index is 15.3. The van der Waals surface area contributed by atoms with Gasteiger partial charge in [0.05, 0.1) is 52.6 Å². The van der Waals surface area contributed by atoms with E-state index < -0.39 is 19.8 Å². The van der Waals surface area contributed by atoms with Crippen molar-refractivity contribution in [3.05, 3.63) is 118 Å². The van der Waals surface area contributed by atoms with E-state index in [1.165, 1.54) is 5.19 Å². The molecular weight excluding hydrogens is 742 g/mol. The van der Waals surface area contributed by atoms with Crippen molar-refractivity contribution in [2.24, 2.45) is 5.92 Å². The molecule has 1 spiro atoms. The number of ether oxygens (including phenoxy) is 2. The van der Waals surface area contributed by atoms with Crippen LogP contribution < -0.4 is 19.7 Å². The van der Waals surface area contributed by atoms with Crippen molar-refractivity contribution in [1.29, 1.82) is 0 Å². The lowest BCUT2D eigenvalue weighted by molar-refractivity contribution is -0.151. The average Bonchev–Trinajstić information content (AvgIpc) is 3.63. The van der Waals surface area contributed by atoms with Crippen LogP contribution in [0.4, 0.5) is 11.4 Å². The van der Waals surface area contributed by atoms with Gasteiger partial charge in [0.15, 0.2) is 5.60 Å². The summed E-state index contributed by atoms with van der Waals surface area (Å²) >= 11 is 6.73. The van der Waals surface area contributed by atoms with Gasteiger partial charge in [-0.25, -0.2) is 0 Å². The topological polar surface area (TPSA) is 99.6 Å². The molecule has 0 saturated carbocycles. The summed E-state index contributed by atoms with van der Waals surface area (Å²) in [6.07, 6.45) is 2.52. The van der Waals surface area contributed by atoms with Gasteiger partial charge in [-0.2, -0.15) is 0 Å². The average molecular weight is 792 g/mol. The number of fused-ring (bicyclic) bond motifs is 3. The second-order valence-corrected chi connectivity index (χ2v) is 21.5. The third-order valence-electron chi connectivity index (χ3n) is 13.0. The van der Waals surface area contributed by atoms with E-state index in [2.05, 4.69) is 38.2 Å². The molecular formula is C45H50ClN3O6Si. The molecule has 8 rings (SSSR count). The number of carbonyl (C=O) groups excluding carboxylic acids is 3. The Balaban J connectivity index is 1.16. The van der Waals surface area contributed by atoms with Crippen molar-refractivity contribution >= 4 is 54.0 Å². The SMILES string of the molecule is COc1ccc([Si](C)(C)[C@H]2[C@H](CC(=O)N3Cc4ccccc4C[C@H]3CO)O[C@@]3(C(=O)N(Cc4ccc(N5CCCCC5=O)cc4)c4ccc(Cl)cc43)[C@@H]2C)cc1. The third kappa shape index (κ3) is 6.54. The highest BCUT2D eigenvalue weighted by Crippen LogP contribution is 2.60. The van der Waals surface area contributed by atoms with Gasteiger partial charge in [-0.05, 0) is 84.0 Å². The number of methoxy groups -OCH3 is 1. The maximum atomic E-state index is 15.3. The van der Waals surface area contributed by atoms with Crippen molar-refractivity contribution in [3.8, 4) is 5.75 Å². The molecule has 4 heterocycles. The van der Waals surface area contributed by atoms with Gasteiger partial charge in [0.25, 0.3) is 5.91 Å². The number of nitrogens with zero attached hydrogens (tertiary/aromatic N) is 3. The van der Waals surface area contributed by atoms with Crippen LogP contribution in [0, 0.1) is 5.92 Å². The molecule has 4 aliphatic heterocycles. The van der Waals surface area contributed by atoms with Gasteiger partial charge in [0.1, 0.15) is 5.75 Å². The van der Waals surface area contributed by atoms with E-state index in [0.717, 1.165) is 52.2 Å². The Morgan fingerprint density at radius 1 is 0.982 bits per heavy atom. The van der Waals surface area contributed by atoms with Crippen LogP contribution in [-0.4, -0.2) is 68.2 Å². The van der Waals surface area contributed by atoms with Crippen LogP contribution >= 0.6 is 11.6 Å². The summed E-state index contributed by atoms with van der Waals surface area (Å²) in [6.45, 7) is 7.99. The number of aliphatic hydroxyl groups is 1. The van der Waals surface area contributed by atoms with Gasteiger partial charge in [0, 0.05) is 41.7 Å². The molecule has 9 nitrogen and oxygen atoms in total. The van der Waals surface area contributed by atoms with E-state index in [9.17, 15) is 14.7 Å². The Hall–Kier alpha value is -4.48. The number of rotatable bonds is 9. The molecule has 2 fully saturated rings. The molecule has 5 atom stereocenters. The minimum Gasteiger partial charge on any atom is -0.497 e. The zero-order valence-electron chi connectivity index (χ0n) is 32.5. The monoisotopic (exact) mass is 791 g/mol. The molecule has 4 aliphatic rings. The summed E-state index contributed by atoms with van der Waals surface area (Å²) in [6, 6.07) is 29.4. The maximum Gasteiger partial charge on any atom is 0.264 e. The molecule has 1 N–H and O–H groups in total. The van der Waals surface area contributed by atoms with Gasteiger partial charge >= 0.3 is 0 Å². The summed E-state index contributed by atoms with van der Waals surface area (Å²) < 4.78 is 12.8. The first-order valence-corrected chi connectivity index (χ1v) is 23.2. The highest BCUT2D eigenvalue weighted by molar-refractivity contribution is 6.91. The van der Waals surface area contributed by atoms with E-state index in [-0.39, 0.29) is 48.3 Å². The van der Waals surface area contributed by atoms with Crippen LogP contribution in [0.5, 0.6) is 5.75 Å². The highest BCUT2D eigenvalue weighted by Gasteiger charge is 2.66. The van der Waals surface area contributed by atoms with Crippen LogP contribution in [0.15, 0.2) is 91.0 Å². The summed E-state index contributed by atoms with van der Waals surface area (Å²) in [4.78, 5) is 48.0. The Bertz CT molecular complexity index is 2140. The van der Waals surface area contributed by atoms with E-state index >= 15 is 4.79 Å². The molecule has 2 saturated heterocycles. The second kappa shape index (κ2) is 15.1. The van der Waals surface area contributed by atoms with Crippen molar-refractivity contribution in [1.82, 2.24) is 4.90 Å². The zero-order valence-corrected chi connectivity index (χ0v) is 34.3. The van der Waals surface area contributed by atoms with Gasteiger partial charge in [0.2, 0.25) is 11.8 Å². The molecule has 0 bridgehead atoms. The van der Waals surface area contributed by atoms with E-state index in [0.29, 0.717) is 37.5 Å². The lowest BCUT2D eigenvalue weighted by Gasteiger charge is -2.39. The first kappa shape index (κ1) is 38.4. The summed E-state index contributed by atoms with van der Waals surface area (Å²) in [7, 11) is -0.876. The predicted molar refractivity (Wildman–Crippen MR) is 221 cm³/mol. The first-order valence-electron chi connectivity index (χ1n) is 19.8. The first-order chi connectivity index (χ1) is 27.0. The minimum absolute atomic E-state index is 0.0713. The quantitative estimate of drug-likeness (QED) is 0.184. The van der Waals surface area contributed by atoms with Crippen molar-refractivity contribution in [2.45, 2.75) is 88.5 Å². The number of hydrogen-bond donors (Lipinski definition) is 1. The molecule has 3 amide bonds. The predicted octanol–water partition coefficient (Wildman–Crippen LogP) is 6.96. The second-order valence-electron chi connectivity index (χ2n) is 16.4. The molecule has 292 valence electrons. The van der Waals surface area contributed by atoms with Crippen molar-refractivity contribution in [2.75, 3.05) is 30.1 Å². The van der Waals surface area contributed by atoms with Crippen LogP contribution in [-0.2, 0) is 44.2 Å². The molecule has 4 aromatic carbocycles. The fourth-order valence-electron chi connectivity index (χ4n) is 10.0. The smallest absolute Gasteiger partial charge is 0.264 e. The Kier molecular flexibility index (Phi) is 10.4. The number of amides is 3. The lowest BCUT2D eigenvalue weighted by Crippen LogP contribution is -2.52. The normalized spacial score (nSPS) is 24.8.